The van der Waals surface area contributed by atoms with E-state index in [0.717, 1.165) is 50.2 Å². The zero-order valence-corrected chi connectivity index (χ0v) is 14.5. The van der Waals surface area contributed by atoms with Crippen LogP contribution in [0, 0.1) is 0 Å². The summed E-state index contributed by atoms with van der Waals surface area (Å²) in [6, 6.07) is -0.348. The number of nitrogens with zero attached hydrogens (tertiary/aromatic N) is 2. The van der Waals surface area contributed by atoms with Crippen LogP contribution in [0.1, 0.15) is 42.8 Å². The van der Waals surface area contributed by atoms with Crippen LogP contribution in [-0.4, -0.2) is 46.9 Å². The number of thioether (sulfide) groups is 1. The fraction of sp³-hybridized carbons (Fsp3) is 0.733. The third-order valence-electron chi connectivity index (χ3n) is 3.96. The lowest BCUT2D eigenvalue weighted by Gasteiger charge is -2.33. The zero-order chi connectivity index (χ0) is 15.2. The fourth-order valence-electron chi connectivity index (χ4n) is 2.65. The van der Waals surface area contributed by atoms with Crippen LogP contribution in [0.2, 0.25) is 0 Å². The Hall–Kier alpha value is -0.590. The number of thiazole rings is 1. The van der Waals surface area contributed by atoms with Gasteiger partial charge in [0.2, 0.25) is 5.91 Å². The molecule has 0 bridgehead atoms. The van der Waals surface area contributed by atoms with Gasteiger partial charge in [-0.25, -0.2) is 4.98 Å². The van der Waals surface area contributed by atoms with Crippen molar-refractivity contribution in [3.8, 4) is 0 Å². The lowest BCUT2D eigenvalue weighted by Crippen LogP contribution is -2.47. The molecule has 2 N–H and O–H groups in total. The molecule has 1 aliphatic rings. The summed E-state index contributed by atoms with van der Waals surface area (Å²) in [4.78, 5) is 19.1. The molecule has 0 aromatic carbocycles. The van der Waals surface area contributed by atoms with Crippen LogP contribution in [0.25, 0.3) is 0 Å². The first-order valence-electron chi connectivity index (χ1n) is 7.63. The van der Waals surface area contributed by atoms with Gasteiger partial charge in [0.05, 0.1) is 16.7 Å². The highest BCUT2D eigenvalue weighted by molar-refractivity contribution is 7.98. The minimum absolute atomic E-state index is 0.112. The number of amides is 1. The van der Waals surface area contributed by atoms with Gasteiger partial charge < -0.3 is 10.6 Å². The Bertz CT molecular complexity index is 464. The molecule has 1 fully saturated rings. The summed E-state index contributed by atoms with van der Waals surface area (Å²) >= 11 is 3.47. The van der Waals surface area contributed by atoms with E-state index in [0.29, 0.717) is 5.92 Å². The van der Waals surface area contributed by atoms with Gasteiger partial charge in [-0.05, 0) is 37.7 Å². The molecule has 118 valence electrons. The van der Waals surface area contributed by atoms with Gasteiger partial charge in [-0.1, -0.05) is 6.92 Å². The molecular weight excluding hydrogens is 302 g/mol. The molecule has 6 heteroatoms. The normalized spacial score (nSPS) is 20.5. The third kappa shape index (κ3) is 4.44. The minimum Gasteiger partial charge on any atom is -0.341 e. The zero-order valence-electron chi connectivity index (χ0n) is 12.9. The number of aromatic nitrogens is 1. The Labute approximate surface area is 135 Å². The van der Waals surface area contributed by atoms with Crippen LogP contribution in [-0.2, 0) is 11.2 Å². The van der Waals surface area contributed by atoms with E-state index in [2.05, 4.69) is 17.3 Å². The topological polar surface area (TPSA) is 59.2 Å². The molecule has 21 heavy (non-hydrogen) atoms. The summed E-state index contributed by atoms with van der Waals surface area (Å²) < 4.78 is 0. The molecule has 1 saturated heterocycles. The predicted octanol–water partition coefficient (Wildman–Crippen LogP) is 2.49. The molecule has 1 aliphatic heterocycles. The van der Waals surface area contributed by atoms with Crippen molar-refractivity contribution in [3.63, 3.8) is 0 Å². The maximum atomic E-state index is 12.4. The number of aryl methyl sites for hydroxylation is 1. The van der Waals surface area contributed by atoms with Gasteiger partial charge in [0.15, 0.2) is 0 Å². The van der Waals surface area contributed by atoms with E-state index in [1.54, 1.807) is 23.1 Å². The van der Waals surface area contributed by atoms with E-state index in [4.69, 9.17) is 5.73 Å². The number of carbonyl (C=O) groups excluding carboxylic acids is 1. The number of piperidine rings is 1. The Balaban J connectivity index is 1.95. The number of carbonyl (C=O) groups is 1. The van der Waals surface area contributed by atoms with E-state index < -0.39 is 0 Å². The Kier molecular flexibility index (Phi) is 6.51. The molecule has 1 aromatic rings. The molecule has 2 heterocycles. The first kappa shape index (κ1) is 16.8. The van der Waals surface area contributed by atoms with Crippen LogP contribution < -0.4 is 5.73 Å². The molecule has 2 atom stereocenters. The summed E-state index contributed by atoms with van der Waals surface area (Å²) in [5.74, 6) is 1.44. The van der Waals surface area contributed by atoms with Gasteiger partial charge in [-0.3, -0.25) is 4.79 Å². The highest BCUT2D eigenvalue weighted by atomic mass is 32.2. The summed E-state index contributed by atoms with van der Waals surface area (Å²) in [6.45, 7) is 3.75. The van der Waals surface area contributed by atoms with Crippen LogP contribution >= 0.6 is 23.1 Å². The fourth-order valence-corrected chi connectivity index (χ4v) is 4.17. The summed E-state index contributed by atoms with van der Waals surface area (Å²) in [6.07, 6.45) is 5.96. The molecule has 0 saturated carbocycles. The molecular formula is C15H25N3OS2. The molecule has 0 radical (unpaired) electrons. The van der Waals surface area contributed by atoms with Crippen molar-refractivity contribution >= 4 is 29.0 Å². The quantitative estimate of drug-likeness (QED) is 0.872. The van der Waals surface area contributed by atoms with E-state index in [9.17, 15) is 4.79 Å². The van der Waals surface area contributed by atoms with Crippen molar-refractivity contribution < 1.29 is 4.79 Å². The maximum Gasteiger partial charge on any atom is 0.239 e. The molecule has 2 rings (SSSR count). The number of hydrogen-bond donors (Lipinski definition) is 1. The maximum absolute atomic E-state index is 12.4. The van der Waals surface area contributed by atoms with E-state index in [1.807, 2.05) is 11.2 Å². The van der Waals surface area contributed by atoms with Crippen molar-refractivity contribution in [2.24, 2.45) is 5.73 Å². The van der Waals surface area contributed by atoms with Crippen molar-refractivity contribution in [2.75, 3.05) is 25.1 Å². The first-order valence-corrected chi connectivity index (χ1v) is 9.90. The van der Waals surface area contributed by atoms with Gasteiger partial charge in [0.1, 0.15) is 0 Å². The third-order valence-corrected chi connectivity index (χ3v) is 5.66. The van der Waals surface area contributed by atoms with Crippen molar-refractivity contribution in [1.82, 2.24) is 9.88 Å². The van der Waals surface area contributed by atoms with E-state index in [-0.39, 0.29) is 11.9 Å². The van der Waals surface area contributed by atoms with Crippen molar-refractivity contribution in [3.05, 3.63) is 16.1 Å². The summed E-state index contributed by atoms with van der Waals surface area (Å²) in [5.41, 5.74) is 7.19. The van der Waals surface area contributed by atoms with Crippen molar-refractivity contribution in [1.29, 1.82) is 0 Å². The average molecular weight is 328 g/mol. The Morgan fingerprint density at radius 3 is 3.14 bits per heavy atom. The SMILES string of the molecule is CCc1csc(C2CCCN(C(=O)[C@@H](N)CCSC)C2)n1. The van der Waals surface area contributed by atoms with E-state index >= 15 is 0 Å². The van der Waals surface area contributed by atoms with Gasteiger partial charge in [0.25, 0.3) is 0 Å². The van der Waals surface area contributed by atoms with Crippen molar-refractivity contribution in [2.45, 2.75) is 44.6 Å². The second-order valence-electron chi connectivity index (χ2n) is 5.54. The molecule has 0 aliphatic carbocycles. The van der Waals surface area contributed by atoms with Gasteiger partial charge in [-0.2, -0.15) is 11.8 Å². The monoisotopic (exact) mass is 327 g/mol. The molecule has 1 aromatic heterocycles. The highest BCUT2D eigenvalue weighted by Crippen LogP contribution is 2.29. The standard InChI is InChI=1S/C15H25N3OS2/c1-3-12-10-21-14(17-12)11-5-4-7-18(9-11)15(19)13(16)6-8-20-2/h10-11,13H,3-9,16H2,1-2H3/t11?,13-/m0/s1. The lowest BCUT2D eigenvalue weighted by molar-refractivity contribution is -0.133. The number of nitrogens with two attached hydrogens (primary N) is 1. The lowest BCUT2D eigenvalue weighted by atomic mass is 9.98. The van der Waals surface area contributed by atoms with Gasteiger partial charge >= 0.3 is 0 Å². The second-order valence-corrected chi connectivity index (χ2v) is 7.42. The minimum atomic E-state index is -0.348. The summed E-state index contributed by atoms with van der Waals surface area (Å²) in [7, 11) is 0. The average Bonchev–Trinajstić information content (AvgIpc) is 3.01. The van der Waals surface area contributed by atoms with Crippen LogP contribution in [0.4, 0.5) is 0 Å². The number of likely N-dealkylation sites (tertiary alicyclic amines) is 1. The van der Waals surface area contributed by atoms with Crippen LogP contribution in [0.3, 0.4) is 0 Å². The molecule has 1 unspecified atom stereocenters. The second kappa shape index (κ2) is 8.15. The molecule has 0 spiro atoms. The van der Waals surface area contributed by atoms with Crippen LogP contribution in [0.5, 0.6) is 0 Å². The first-order chi connectivity index (χ1) is 10.2. The number of hydrogen-bond acceptors (Lipinski definition) is 5. The predicted molar refractivity (Wildman–Crippen MR) is 91.0 cm³/mol. The van der Waals surface area contributed by atoms with Crippen LogP contribution in [0.15, 0.2) is 5.38 Å². The van der Waals surface area contributed by atoms with Gasteiger partial charge in [0, 0.05) is 24.4 Å². The largest absolute Gasteiger partial charge is 0.341 e. The van der Waals surface area contributed by atoms with Gasteiger partial charge in [-0.15, -0.1) is 11.3 Å². The Morgan fingerprint density at radius 2 is 2.48 bits per heavy atom. The highest BCUT2D eigenvalue weighted by Gasteiger charge is 2.28. The Morgan fingerprint density at radius 1 is 1.67 bits per heavy atom. The smallest absolute Gasteiger partial charge is 0.239 e. The van der Waals surface area contributed by atoms with E-state index in [1.165, 1.54) is 5.01 Å². The summed E-state index contributed by atoms with van der Waals surface area (Å²) in [5, 5.41) is 3.32. The molecule has 1 amide bonds. The molecule has 4 nitrogen and oxygen atoms in total. The number of rotatable bonds is 6.